The van der Waals surface area contributed by atoms with Gasteiger partial charge in [0.1, 0.15) is 5.82 Å². The molecule has 0 atom stereocenters. The highest BCUT2D eigenvalue weighted by Gasteiger charge is 2.13. The van der Waals surface area contributed by atoms with Gasteiger partial charge in [-0.15, -0.1) is 22.7 Å². The molecule has 0 N–H and O–H groups in total. The predicted molar refractivity (Wildman–Crippen MR) is 80.5 cm³/mol. The molecule has 0 radical (unpaired) electrons. The Morgan fingerprint density at radius 2 is 1.37 bits per heavy atom. The number of aromatic nitrogens is 3. The highest BCUT2D eigenvalue weighted by Crippen LogP contribution is 2.27. The number of hydrogen-bond donors (Lipinski definition) is 0. The monoisotopic (exact) mass is 287 g/mol. The first kappa shape index (κ1) is 12.4. The summed E-state index contributed by atoms with van der Waals surface area (Å²) in [6.45, 7) is 4.21. The average molecular weight is 287 g/mol. The van der Waals surface area contributed by atoms with Crippen molar-refractivity contribution in [2.24, 2.45) is 0 Å². The van der Waals surface area contributed by atoms with Gasteiger partial charge < -0.3 is 0 Å². The average Bonchev–Trinajstić information content (AvgIpc) is 3.11. The molecule has 3 aromatic heterocycles. The van der Waals surface area contributed by atoms with Gasteiger partial charge in [-0.2, -0.15) is 0 Å². The summed E-state index contributed by atoms with van der Waals surface area (Å²) in [6, 6.07) is 8.12. The normalized spacial score (nSPS) is 11.1. The summed E-state index contributed by atoms with van der Waals surface area (Å²) < 4.78 is 0. The second-order valence-corrected chi connectivity index (χ2v) is 6.35. The molecule has 0 spiro atoms. The van der Waals surface area contributed by atoms with Gasteiger partial charge in [-0.25, -0.2) is 15.0 Å². The third kappa shape index (κ3) is 2.57. The molecule has 0 saturated heterocycles. The van der Waals surface area contributed by atoms with Crippen LogP contribution in [0.25, 0.3) is 21.4 Å². The summed E-state index contributed by atoms with van der Waals surface area (Å²) in [5.74, 6) is 2.69. The molecule has 3 heterocycles. The maximum absolute atomic E-state index is 4.60. The van der Waals surface area contributed by atoms with E-state index in [0.29, 0.717) is 5.92 Å². The molecule has 5 heteroatoms. The Morgan fingerprint density at radius 3 is 1.74 bits per heavy atom. The molecular formula is C14H13N3S2. The van der Waals surface area contributed by atoms with Crippen LogP contribution in [0.5, 0.6) is 0 Å². The summed E-state index contributed by atoms with van der Waals surface area (Å²) in [5.41, 5.74) is 0. The molecule has 0 unspecified atom stereocenters. The lowest BCUT2D eigenvalue weighted by Gasteiger charge is -2.07. The van der Waals surface area contributed by atoms with Crippen molar-refractivity contribution in [1.82, 2.24) is 15.0 Å². The summed E-state index contributed by atoms with van der Waals surface area (Å²) in [4.78, 5) is 15.9. The van der Waals surface area contributed by atoms with Crippen molar-refractivity contribution in [3.05, 3.63) is 40.8 Å². The molecule has 0 aliphatic carbocycles. The van der Waals surface area contributed by atoms with E-state index in [1.54, 1.807) is 22.7 Å². The lowest BCUT2D eigenvalue weighted by molar-refractivity contribution is 0.767. The van der Waals surface area contributed by atoms with Crippen LogP contribution in [-0.2, 0) is 0 Å². The van der Waals surface area contributed by atoms with E-state index < -0.39 is 0 Å². The Morgan fingerprint density at radius 1 is 0.842 bits per heavy atom. The van der Waals surface area contributed by atoms with Crippen LogP contribution >= 0.6 is 22.7 Å². The van der Waals surface area contributed by atoms with Crippen molar-refractivity contribution in [1.29, 1.82) is 0 Å². The smallest absolute Gasteiger partial charge is 0.173 e. The third-order valence-corrected chi connectivity index (χ3v) is 4.38. The minimum Gasteiger partial charge on any atom is -0.212 e. The SMILES string of the molecule is CC(C)c1nc(-c2cccs2)nc(-c2cccs2)n1. The van der Waals surface area contributed by atoms with Crippen LogP contribution in [0.15, 0.2) is 35.0 Å². The summed E-state index contributed by atoms with van der Waals surface area (Å²) >= 11 is 3.31. The second-order valence-electron chi connectivity index (χ2n) is 4.45. The lowest BCUT2D eigenvalue weighted by Crippen LogP contribution is -2.03. The molecular weight excluding hydrogens is 274 g/mol. The van der Waals surface area contributed by atoms with E-state index in [2.05, 4.69) is 28.8 Å². The summed E-state index contributed by atoms with van der Waals surface area (Å²) in [5, 5.41) is 4.08. The number of nitrogens with zero attached hydrogens (tertiary/aromatic N) is 3. The number of hydrogen-bond acceptors (Lipinski definition) is 5. The third-order valence-electron chi connectivity index (χ3n) is 2.65. The molecule has 0 saturated carbocycles. The van der Waals surface area contributed by atoms with Gasteiger partial charge in [0.05, 0.1) is 9.75 Å². The standard InChI is InChI=1S/C14H13N3S2/c1-9(2)12-15-13(10-5-3-7-18-10)17-14(16-12)11-6-4-8-19-11/h3-9H,1-2H3. The Balaban J connectivity index is 2.15. The van der Waals surface area contributed by atoms with Gasteiger partial charge in [-0.3, -0.25) is 0 Å². The zero-order chi connectivity index (χ0) is 13.2. The van der Waals surface area contributed by atoms with Crippen LogP contribution in [-0.4, -0.2) is 15.0 Å². The molecule has 3 aromatic rings. The molecule has 0 amide bonds. The molecule has 19 heavy (non-hydrogen) atoms. The van der Waals surface area contributed by atoms with Crippen molar-refractivity contribution in [2.45, 2.75) is 19.8 Å². The minimum absolute atomic E-state index is 0.292. The van der Waals surface area contributed by atoms with Crippen LogP contribution < -0.4 is 0 Å². The molecule has 0 aliphatic rings. The van der Waals surface area contributed by atoms with Gasteiger partial charge in [0.2, 0.25) is 0 Å². The molecule has 3 rings (SSSR count). The fourth-order valence-corrected chi connectivity index (χ4v) is 3.00. The molecule has 0 fully saturated rings. The van der Waals surface area contributed by atoms with Crippen LogP contribution in [0, 0.1) is 0 Å². The van der Waals surface area contributed by atoms with Gasteiger partial charge in [0, 0.05) is 5.92 Å². The van der Waals surface area contributed by atoms with Crippen LogP contribution in [0.2, 0.25) is 0 Å². The van der Waals surface area contributed by atoms with Gasteiger partial charge in [-0.1, -0.05) is 26.0 Å². The topological polar surface area (TPSA) is 38.7 Å². The van der Waals surface area contributed by atoms with E-state index in [9.17, 15) is 0 Å². The highest BCUT2D eigenvalue weighted by atomic mass is 32.1. The van der Waals surface area contributed by atoms with Crippen molar-refractivity contribution in [3.8, 4) is 21.4 Å². The van der Waals surface area contributed by atoms with Crippen molar-refractivity contribution in [3.63, 3.8) is 0 Å². The molecule has 0 aromatic carbocycles. The highest BCUT2D eigenvalue weighted by molar-refractivity contribution is 7.13. The molecule has 3 nitrogen and oxygen atoms in total. The summed E-state index contributed by atoms with van der Waals surface area (Å²) in [6.07, 6.45) is 0. The van der Waals surface area contributed by atoms with Crippen LogP contribution in [0.4, 0.5) is 0 Å². The first-order valence-electron chi connectivity index (χ1n) is 6.08. The first-order valence-corrected chi connectivity index (χ1v) is 7.83. The van der Waals surface area contributed by atoms with Gasteiger partial charge in [-0.05, 0) is 22.9 Å². The molecule has 96 valence electrons. The fourth-order valence-electron chi connectivity index (χ4n) is 1.68. The van der Waals surface area contributed by atoms with E-state index in [-0.39, 0.29) is 0 Å². The molecule has 0 aliphatic heterocycles. The zero-order valence-electron chi connectivity index (χ0n) is 10.7. The minimum atomic E-state index is 0.292. The van der Waals surface area contributed by atoms with Gasteiger partial charge >= 0.3 is 0 Å². The largest absolute Gasteiger partial charge is 0.212 e. The Hall–Kier alpha value is -1.59. The van der Waals surface area contributed by atoms with Gasteiger partial charge in [0.25, 0.3) is 0 Å². The maximum Gasteiger partial charge on any atom is 0.173 e. The zero-order valence-corrected chi connectivity index (χ0v) is 12.3. The van der Waals surface area contributed by atoms with E-state index in [4.69, 9.17) is 0 Å². The number of thiophene rings is 2. The van der Waals surface area contributed by atoms with Gasteiger partial charge in [0.15, 0.2) is 11.6 Å². The van der Waals surface area contributed by atoms with E-state index >= 15 is 0 Å². The lowest BCUT2D eigenvalue weighted by atomic mass is 10.2. The fraction of sp³-hybridized carbons (Fsp3) is 0.214. The maximum atomic E-state index is 4.60. The van der Waals surface area contributed by atoms with Crippen LogP contribution in [0.3, 0.4) is 0 Å². The summed E-state index contributed by atoms with van der Waals surface area (Å²) in [7, 11) is 0. The molecule has 0 bridgehead atoms. The second kappa shape index (κ2) is 5.19. The van der Waals surface area contributed by atoms with Crippen molar-refractivity contribution < 1.29 is 0 Å². The Labute approximate surface area is 120 Å². The Bertz CT molecular complexity index is 606. The van der Waals surface area contributed by atoms with Crippen molar-refractivity contribution >= 4 is 22.7 Å². The van der Waals surface area contributed by atoms with E-state index in [1.165, 1.54) is 0 Å². The van der Waals surface area contributed by atoms with Crippen LogP contribution in [0.1, 0.15) is 25.6 Å². The predicted octanol–water partition coefficient (Wildman–Crippen LogP) is 4.45. The van der Waals surface area contributed by atoms with E-state index in [0.717, 1.165) is 27.2 Å². The van der Waals surface area contributed by atoms with E-state index in [1.807, 2.05) is 35.0 Å². The first-order chi connectivity index (χ1) is 9.24. The number of rotatable bonds is 3. The quantitative estimate of drug-likeness (QED) is 0.714. The Kier molecular flexibility index (Phi) is 3.40. The van der Waals surface area contributed by atoms with Crippen molar-refractivity contribution in [2.75, 3.05) is 0 Å².